The van der Waals surface area contributed by atoms with Crippen LogP contribution in [0, 0.1) is 0 Å². The van der Waals surface area contributed by atoms with Crippen LogP contribution in [0.25, 0.3) is 139 Å². The normalized spacial score (nSPS) is 12.8. The summed E-state index contributed by atoms with van der Waals surface area (Å²) in [7, 11) is 0. The lowest BCUT2D eigenvalue weighted by atomic mass is 10.0. The van der Waals surface area contributed by atoms with Crippen LogP contribution < -0.4 is 0 Å². The molecule has 0 radical (unpaired) electrons. The molecule has 70 heavy (non-hydrogen) atoms. The summed E-state index contributed by atoms with van der Waals surface area (Å²) in [6.45, 7) is 0. The fourth-order valence-electron chi connectivity index (χ4n) is 11.3. The van der Waals surface area contributed by atoms with Gasteiger partial charge in [0.25, 0.3) is 0 Å². The van der Waals surface area contributed by atoms with Gasteiger partial charge in [-0.15, -0.1) is 22.7 Å². The van der Waals surface area contributed by atoms with Crippen LogP contribution in [0.3, 0.4) is 0 Å². The number of rotatable bonds is 3. The summed E-state index contributed by atoms with van der Waals surface area (Å²) >= 11 is 3.40. The molecule has 2 nitrogen and oxygen atoms in total. The van der Waals surface area contributed by atoms with Crippen molar-refractivity contribution in [1.82, 2.24) is 9.13 Å². The van der Waals surface area contributed by atoms with Crippen LogP contribution in [0.4, 0.5) is 0 Å². The maximum absolute atomic E-state index is 8.58. The third-order valence-electron chi connectivity index (χ3n) is 14.3. The van der Waals surface area contributed by atoms with E-state index < -0.39 is 0 Å². The second-order valence-electron chi connectivity index (χ2n) is 18.0. The van der Waals surface area contributed by atoms with Crippen molar-refractivity contribution in [2.24, 2.45) is 0 Å². The molecule has 4 heterocycles. The van der Waals surface area contributed by atoms with E-state index in [0.29, 0.717) is 10.1 Å². The molecule has 16 rings (SSSR count). The van der Waals surface area contributed by atoms with E-state index in [9.17, 15) is 0 Å². The molecule has 0 saturated heterocycles. The van der Waals surface area contributed by atoms with Gasteiger partial charge >= 0.3 is 0 Å². The summed E-state index contributed by atoms with van der Waals surface area (Å²) in [4.78, 5) is 0. The second-order valence-corrected chi connectivity index (χ2v) is 20.0. The number of hydrogen-bond acceptors (Lipinski definition) is 2. The van der Waals surface area contributed by atoms with E-state index in [1.165, 1.54) is 91.7 Å². The van der Waals surface area contributed by atoms with E-state index in [-0.39, 0.29) is 24.2 Å². The Morgan fingerprint density at radius 2 is 0.800 bits per heavy atom. The van der Waals surface area contributed by atoms with Crippen LogP contribution in [-0.4, -0.2) is 9.13 Å². The standard InChI is InChI=1S/C38H23NS.C28H17NS/c1-2-10-25(11-3-1)29-17-9-18-30-31-21-23-34-36(38(31)40-37(29)30)35-28-16-7-5-13-26(28)20-22-33(35)39(34)32-19-8-14-24-12-4-6-15-27(24)32;1-2-9-19(10-3-1)29-23-16-14-18-8-4-5-11-20(18)26(23)27-24(29)17-15-22-21-12-6-7-13-25(21)30-28(22)27/h1-23H;1-17H/i;6D,7D,12D,13D. The first-order valence-corrected chi connectivity index (χ1v) is 25.2. The van der Waals surface area contributed by atoms with Crippen LogP contribution in [0.2, 0.25) is 0 Å². The first-order chi connectivity index (χ1) is 36.4. The zero-order valence-corrected chi connectivity index (χ0v) is 39.1. The molecule has 0 amide bonds. The van der Waals surface area contributed by atoms with Gasteiger partial charge in [-0.05, 0) is 86.6 Å². The molecule has 326 valence electrons. The Hall–Kier alpha value is -8.54. The Bertz CT molecular complexity index is 5010. The Labute approximate surface area is 416 Å². The predicted octanol–water partition coefficient (Wildman–Crippen LogP) is 19.4. The molecule has 0 N–H and O–H groups in total. The number of nitrogens with zero attached hydrogens (tertiary/aromatic N) is 2. The quantitative estimate of drug-likeness (QED) is 0.167. The first kappa shape index (κ1) is 35.6. The molecule has 4 aromatic heterocycles. The molecule has 0 aliphatic rings. The monoisotopic (exact) mass is 928 g/mol. The third kappa shape index (κ3) is 5.78. The van der Waals surface area contributed by atoms with Crippen molar-refractivity contribution in [1.29, 1.82) is 0 Å². The SMILES string of the molecule is [2H]c1c([2H])c([2H])c2c(sc3c2ccc2c3c3c4ccccc4ccc3n2-c2ccccc2)c1[2H].c1ccc(-c2cccc3c2sc2c3ccc3c2c2c4ccccc4ccc2n3-c2cccc3ccccc23)cc1. The molecule has 0 spiro atoms. The number of hydrogen-bond donors (Lipinski definition) is 0. The molecule has 0 aliphatic heterocycles. The predicted molar refractivity (Wildman–Crippen MR) is 305 cm³/mol. The van der Waals surface area contributed by atoms with Crippen molar-refractivity contribution in [3.8, 4) is 22.5 Å². The van der Waals surface area contributed by atoms with Crippen LogP contribution in [-0.2, 0) is 0 Å². The van der Waals surface area contributed by atoms with Gasteiger partial charge in [0, 0.05) is 73.0 Å². The van der Waals surface area contributed by atoms with Gasteiger partial charge < -0.3 is 9.13 Å². The number of thiophene rings is 2. The van der Waals surface area contributed by atoms with E-state index in [2.05, 4.69) is 197 Å². The average molecular weight is 929 g/mol. The smallest absolute Gasteiger partial charge is 0.0638 e. The van der Waals surface area contributed by atoms with Gasteiger partial charge in [-0.1, -0.05) is 194 Å². The molecule has 0 atom stereocenters. The van der Waals surface area contributed by atoms with Crippen LogP contribution >= 0.6 is 22.7 Å². The molecular weight excluding hydrogens is 885 g/mol. The van der Waals surface area contributed by atoms with Gasteiger partial charge in [0.1, 0.15) is 0 Å². The van der Waals surface area contributed by atoms with E-state index in [1.54, 1.807) is 0 Å². The summed E-state index contributed by atoms with van der Waals surface area (Å²) in [5.41, 5.74) is 9.52. The molecule has 0 saturated carbocycles. The largest absolute Gasteiger partial charge is 0.309 e. The maximum atomic E-state index is 8.58. The van der Waals surface area contributed by atoms with Crippen molar-refractivity contribution in [2.75, 3.05) is 0 Å². The van der Waals surface area contributed by atoms with E-state index in [4.69, 9.17) is 5.48 Å². The van der Waals surface area contributed by atoms with Crippen molar-refractivity contribution in [3.05, 3.63) is 243 Å². The number of fused-ring (bicyclic) bond motifs is 19. The Kier molecular flexibility index (Phi) is 7.88. The van der Waals surface area contributed by atoms with Gasteiger partial charge in [0.15, 0.2) is 0 Å². The van der Waals surface area contributed by atoms with Crippen LogP contribution in [0.15, 0.2) is 243 Å². The lowest BCUT2D eigenvalue weighted by Crippen LogP contribution is -1.95. The topological polar surface area (TPSA) is 9.86 Å². The number of aromatic nitrogens is 2. The molecule has 0 aliphatic carbocycles. The van der Waals surface area contributed by atoms with Gasteiger partial charge in [0.2, 0.25) is 0 Å². The lowest BCUT2D eigenvalue weighted by molar-refractivity contribution is 1.18. The van der Waals surface area contributed by atoms with E-state index in [0.717, 1.165) is 48.4 Å². The summed E-state index contributed by atoms with van der Waals surface area (Å²) in [5, 5.41) is 16.5. The molecule has 16 aromatic rings. The fraction of sp³-hybridized carbons (Fsp3) is 0. The molecular formula is C66H40N2S2. The third-order valence-corrected chi connectivity index (χ3v) is 16.7. The summed E-state index contributed by atoms with van der Waals surface area (Å²) in [5.74, 6) is 0. The Morgan fingerprint density at radius 1 is 0.314 bits per heavy atom. The molecule has 0 unspecified atom stereocenters. The molecule has 4 heteroatoms. The summed E-state index contributed by atoms with van der Waals surface area (Å²) < 4.78 is 42.5. The van der Waals surface area contributed by atoms with Crippen LogP contribution in [0.1, 0.15) is 5.48 Å². The molecule has 0 bridgehead atoms. The van der Waals surface area contributed by atoms with Crippen LogP contribution in [0.5, 0.6) is 0 Å². The van der Waals surface area contributed by atoms with Gasteiger partial charge in [-0.25, -0.2) is 0 Å². The number of para-hydroxylation sites is 1. The minimum atomic E-state index is -0.186. The van der Waals surface area contributed by atoms with E-state index >= 15 is 0 Å². The van der Waals surface area contributed by atoms with Crippen molar-refractivity contribution < 1.29 is 5.48 Å². The zero-order chi connectivity index (χ0) is 49.3. The van der Waals surface area contributed by atoms with Crippen molar-refractivity contribution >= 4 is 139 Å². The summed E-state index contributed by atoms with van der Waals surface area (Å²) in [6, 6.07) is 77.8. The summed E-state index contributed by atoms with van der Waals surface area (Å²) in [6.07, 6.45) is 0. The molecule has 0 fully saturated rings. The first-order valence-electron chi connectivity index (χ1n) is 25.6. The minimum absolute atomic E-state index is 0.0262. The van der Waals surface area contributed by atoms with Crippen molar-refractivity contribution in [3.63, 3.8) is 0 Å². The lowest BCUT2D eigenvalue weighted by Gasteiger charge is -2.11. The maximum Gasteiger partial charge on any atom is 0.0638 e. The average Bonchev–Trinajstić information content (AvgIpc) is 4.28. The highest BCUT2D eigenvalue weighted by molar-refractivity contribution is 7.27. The minimum Gasteiger partial charge on any atom is -0.309 e. The number of benzene rings is 12. The Morgan fingerprint density at radius 3 is 1.51 bits per heavy atom. The second kappa shape index (κ2) is 15.5. The van der Waals surface area contributed by atoms with Gasteiger partial charge in [0.05, 0.1) is 33.2 Å². The Balaban J connectivity index is 0.000000133. The molecule has 12 aromatic carbocycles. The highest BCUT2D eigenvalue weighted by atomic mass is 32.1. The highest BCUT2D eigenvalue weighted by Crippen LogP contribution is 2.49. The highest BCUT2D eigenvalue weighted by Gasteiger charge is 2.22. The van der Waals surface area contributed by atoms with Gasteiger partial charge in [-0.2, -0.15) is 0 Å². The van der Waals surface area contributed by atoms with Gasteiger partial charge in [-0.3, -0.25) is 0 Å². The van der Waals surface area contributed by atoms with E-state index in [1.807, 2.05) is 41.7 Å². The fourth-order valence-corrected chi connectivity index (χ4v) is 13.8. The van der Waals surface area contributed by atoms with Crippen molar-refractivity contribution in [2.45, 2.75) is 0 Å². The zero-order valence-electron chi connectivity index (χ0n) is 41.5.